The summed E-state index contributed by atoms with van der Waals surface area (Å²) in [5.74, 6) is 0.415. The number of benzene rings is 1. The summed E-state index contributed by atoms with van der Waals surface area (Å²) in [7, 11) is 0. The molecule has 0 spiro atoms. The third kappa shape index (κ3) is 5.09. The van der Waals surface area contributed by atoms with E-state index in [1.165, 1.54) is 11.1 Å². The van der Waals surface area contributed by atoms with Crippen LogP contribution in [0.4, 0.5) is 5.69 Å². The van der Waals surface area contributed by atoms with Gasteiger partial charge in [0.1, 0.15) is 5.01 Å². The molecule has 0 saturated heterocycles. The molecule has 2 aromatic rings. The van der Waals surface area contributed by atoms with Crippen molar-refractivity contribution in [2.24, 2.45) is 10.7 Å². The van der Waals surface area contributed by atoms with Crippen LogP contribution in [-0.4, -0.2) is 10.9 Å². The molecule has 0 atom stereocenters. The number of nitrogens with zero attached hydrogens (tertiary/aromatic N) is 2. The predicted octanol–water partition coefficient (Wildman–Crippen LogP) is 3.61. The molecule has 0 saturated carbocycles. The fourth-order valence-corrected chi connectivity index (χ4v) is 2.56. The molecule has 1 aromatic heterocycles. The average molecular weight is 402 g/mol. The van der Waals surface area contributed by atoms with Crippen molar-refractivity contribution in [3.05, 3.63) is 45.4 Å². The lowest BCUT2D eigenvalue weighted by molar-refractivity contribution is 1.01. The van der Waals surface area contributed by atoms with Gasteiger partial charge in [-0.2, -0.15) is 0 Å². The van der Waals surface area contributed by atoms with Gasteiger partial charge in [-0.05, 0) is 44.0 Å². The first-order valence-electron chi connectivity index (χ1n) is 6.09. The van der Waals surface area contributed by atoms with Crippen LogP contribution in [-0.2, 0) is 6.54 Å². The molecule has 0 unspecified atom stereocenters. The molecular formula is C14H19IN4S. The molecule has 6 heteroatoms. The van der Waals surface area contributed by atoms with Gasteiger partial charge in [0, 0.05) is 16.8 Å². The van der Waals surface area contributed by atoms with Gasteiger partial charge in [-0.15, -0.1) is 35.3 Å². The van der Waals surface area contributed by atoms with E-state index in [-0.39, 0.29) is 24.0 Å². The number of aliphatic imine (C=N–C) groups is 1. The molecule has 0 aliphatic rings. The standard InChI is InChI=1S/C14H18N4S.HI/c1-9-4-10(2)6-12(5-9)18-14(15)16-7-13-17-11(3)8-19-13;/h4-6,8H,7H2,1-3H3,(H3,15,16,18);1H. The lowest BCUT2D eigenvalue weighted by atomic mass is 10.1. The maximum Gasteiger partial charge on any atom is 0.193 e. The number of nitrogens with one attached hydrogen (secondary N) is 1. The molecule has 0 aliphatic carbocycles. The lowest BCUT2D eigenvalue weighted by Gasteiger charge is -2.07. The normalized spacial score (nSPS) is 11.1. The minimum atomic E-state index is 0. The smallest absolute Gasteiger partial charge is 0.193 e. The number of aromatic nitrogens is 1. The summed E-state index contributed by atoms with van der Waals surface area (Å²) < 4.78 is 0. The number of guanidine groups is 1. The highest BCUT2D eigenvalue weighted by molar-refractivity contribution is 14.0. The summed E-state index contributed by atoms with van der Waals surface area (Å²) in [4.78, 5) is 8.64. The van der Waals surface area contributed by atoms with Crippen molar-refractivity contribution in [1.82, 2.24) is 4.98 Å². The highest BCUT2D eigenvalue weighted by atomic mass is 127. The fourth-order valence-electron chi connectivity index (χ4n) is 1.86. The second-order valence-electron chi connectivity index (χ2n) is 4.59. The van der Waals surface area contributed by atoms with Crippen LogP contribution >= 0.6 is 35.3 Å². The number of anilines is 1. The third-order valence-electron chi connectivity index (χ3n) is 2.55. The molecule has 1 heterocycles. The summed E-state index contributed by atoms with van der Waals surface area (Å²) in [5, 5.41) is 6.09. The zero-order chi connectivity index (χ0) is 13.8. The van der Waals surface area contributed by atoms with Crippen molar-refractivity contribution in [3.8, 4) is 0 Å². The maximum atomic E-state index is 5.88. The number of hydrogen-bond acceptors (Lipinski definition) is 3. The molecule has 0 radical (unpaired) electrons. The van der Waals surface area contributed by atoms with Gasteiger partial charge in [0.05, 0.1) is 6.54 Å². The highest BCUT2D eigenvalue weighted by Gasteiger charge is 2.00. The molecule has 20 heavy (non-hydrogen) atoms. The Bertz CT molecular complexity index is 587. The van der Waals surface area contributed by atoms with Crippen molar-refractivity contribution in [2.75, 3.05) is 5.32 Å². The largest absolute Gasteiger partial charge is 0.370 e. The summed E-state index contributed by atoms with van der Waals surface area (Å²) >= 11 is 1.60. The van der Waals surface area contributed by atoms with Crippen molar-refractivity contribution < 1.29 is 0 Å². The molecule has 2 rings (SSSR count). The van der Waals surface area contributed by atoms with E-state index in [0.29, 0.717) is 12.5 Å². The Balaban J connectivity index is 0.00000200. The van der Waals surface area contributed by atoms with Crippen LogP contribution in [0.1, 0.15) is 21.8 Å². The van der Waals surface area contributed by atoms with Crippen LogP contribution in [0.3, 0.4) is 0 Å². The minimum Gasteiger partial charge on any atom is -0.370 e. The second kappa shape index (κ2) is 7.58. The van der Waals surface area contributed by atoms with Gasteiger partial charge in [0.15, 0.2) is 5.96 Å². The number of hydrogen-bond donors (Lipinski definition) is 2. The molecule has 1 aromatic carbocycles. The van der Waals surface area contributed by atoms with E-state index in [2.05, 4.69) is 35.2 Å². The van der Waals surface area contributed by atoms with Crippen molar-refractivity contribution in [3.63, 3.8) is 0 Å². The Labute approximate surface area is 140 Å². The van der Waals surface area contributed by atoms with Crippen LogP contribution in [0.25, 0.3) is 0 Å². The Morgan fingerprint density at radius 2 is 1.90 bits per heavy atom. The van der Waals surface area contributed by atoms with E-state index < -0.39 is 0 Å². The molecule has 108 valence electrons. The number of thiazole rings is 1. The molecular weight excluding hydrogens is 383 g/mol. The zero-order valence-electron chi connectivity index (χ0n) is 11.8. The van der Waals surface area contributed by atoms with Crippen LogP contribution < -0.4 is 11.1 Å². The number of nitrogens with two attached hydrogens (primary N) is 1. The van der Waals surface area contributed by atoms with Gasteiger partial charge in [-0.3, -0.25) is 0 Å². The average Bonchev–Trinajstić information content (AvgIpc) is 2.71. The van der Waals surface area contributed by atoms with E-state index in [1.54, 1.807) is 11.3 Å². The van der Waals surface area contributed by atoms with Gasteiger partial charge in [-0.25, -0.2) is 9.98 Å². The molecule has 0 fully saturated rings. The zero-order valence-corrected chi connectivity index (χ0v) is 15.0. The SMILES string of the molecule is Cc1cc(C)cc(NC(N)=NCc2nc(C)cs2)c1.I. The van der Waals surface area contributed by atoms with Crippen molar-refractivity contribution in [1.29, 1.82) is 0 Å². The quantitative estimate of drug-likeness (QED) is 0.469. The van der Waals surface area contributed by atoms with E-state index in [4.69, 9.17) is 5.73 Å². The first-order valence-corrected chi connectivity index (χ1v) is 6.97. The number of rotatable bonds is 3. The van der Waals surface area contributed by atoms with Crippen LogP contribution in [0.5, 0.6) is 0 Å². The molecule has 3 N–H and O–H groups in total. The van der Waals surface area contributed by atoms with E-state index in [9.17, 15) is 0 Å². The van der Waals surface area contributed by atoms with Gasteiger partial charge in [0.2, 0.25) is 0 Å². The predicted molar refractivity (Wildman–Crippen MR) is 97.1 cm³/mol. The molecule has 4 nitrogen and oxygen atoms in total. The van der Waals surface area contributed by atoms with E-state index in [0.717, 1.165) is 16.4 Å². The monoisotopic (exact) mass is 402 g/mol. The summed E-state index contributed by atoms with van der Waals surface area (Å²) in [5.41, 5.74) is 10.3. The minimum absolute atomic E-state index is 0. The molecule has 0 amide bonds. The van der Waals surface area contributed by atoms with Crippen molar-refractivity contribution >= 4 is 47.0 Å². The third-order valence-corrected chi connectivity index (χ3v) is 3.50. The Morgan fingerprint density at radius 3 is 2.45 bits per heavy atom. The van der Waals surface area contributed by atoms with Gasteiger partial charge < -0.3 is 11.1 Å². The first-order chi connectivity index (χ1) is 9.02. The van der Waals surface area contributed by atoms with Crippen LogP contribution in [0.2, 0.25) is 0 Å². The van der Waals surface area contributed by atoms with E-state index in [1.807, 2.05) is 24.4 Å². The molecule has 0 aliphatic heterocycles. The summed E-state index contributed by atoms with van der Waals surface area (Å²) in [6.07, 6.45) is 0. The fraction of sp³-hybridized carbons (Fsp3) is 0.286. The number of halogens is 1. The summed E-state index contributed by atoms with van der Waals surface area (Å²) in [6.45, 7) is 6.61. The maximum absolute atomic E-state index is 5.88. The van der Waals surface area contributed by atoms with Gasteiger partial charge >= 0.3 is 0 Å². The first kappa shape index (κ1) is 16.9. The van der Waals surface area contributed by atoms with Gasteiger partial charge in [-0.1, -0.05) is 6.07 Å². The molecule has 0 bridgehead atoms. The van der Waals surface area contributed by atoms with Crippen LogP contribution in [0.15, 0.2) is 28.6 Å². The number of aryl methyl sites for hydroxylation is 3. The lowest BCUT2D eigenvalue weighted by Crippen LogP contribution is -2.22. The Kier molecular flexibility index (Phi) is 6.41. The highest BCUT2D eigenvalue weighted by Crippen LogP contribution is 2.14. The Morgan fingerprint density at radius 1 is 1.25 bits per heavy atom. The summed E-state index contributed by atoms with van der Waals surface area (Å²) in [6, 6.07) is 6.21. The second-order valence-corrected chi connectivity index (χ2v) is 5.53. The van der Waals surface area contributed by atoms with Crippen molar-refractivity contribution in [2.45, 2.75) is 27.3 Å². The van der Waals surface area contributed by atoms with Gasteiger partial charge in [0.25, 0.3) is 0 Å². The van der Waals surface area contributed by atoms with Crippen LogP contribution in [0, 0.1) is 20.8 Å². The Hall–Kier alpha value is -1.15. The topological polar surface area (TPSA) is 63.3 Å². The van der Waals surface area contributed by atoms with E-state index >= 15 is 0 Å².